The number of aromatic nitrogens is 2. The standard InChI is InChI=1S/C21H16Cl4N2O3/c1-27-10-17(25)20(26-27)18(28)5-3-12-4-6-19(29-2)13(7-12)11-30-21-15(23)8-14(22)9-16(21)24/h3-10H,11H2,1-2H3/b5-3+. The van der Waals surface area contributed by atoms with Crippen LogP contribution in [0.1, 0.15) is 21.6 Å². The number of carbonyl (C=O) groups excluding carboxylic acids is 1. The lowest BCUT2D eigenvalue weighted by molar-refractivity contribution is 0.104. The summed E-state index contributed by atoms with van der Waals surface area (Å²) in [4.78, 5) is 12.3. The Labute approximate surface area is 193 Å². The van der Waals surface area contributed by atoms with Crippen LogP contribution in [-0.4, -0.2) is 22.7 Å². The lowest BCUT2D eigenvalue weighted by Crippen LogP contribution is -2.01. The van der Waals surface area contributed by atoms with E-state index in [4.69, 9.17) is 55.9 Å². The van der Waals surface area contributed by atoms with Crippen molar-refractivity contribution in [3.63, 3.8) is 0 Å². The predicted octanol–water partition coefficient (Wildman–Crippen LogP) is 6.52. The van der Waals surface area contributed by atoms with Gasteiger partial charge in [-0.05, 0) is 35.9 Å². The zero-order valence-electron chi connectivity index (χ0n) is 16.0. The zero-order valence-corrected chi connectivity index (χ0v) is 19.0. The van der Waals surface area contributed by atoms with Gasteiger partial charge in [-0.15, -0.1) is 0 Å². The van der Waals surface area contributed by atoms with E-state index >= 15 is 0 Å². The summed E-state index contributed by atoms with van der Waals surface area (Å²) in [5, 5.41) is 5.39. The van der Waals surface area contributed by atoms with Gasteiger partial charge in [-0.2, -0.15) is 5.10 Å². The van der Waals surface area contributed by atoms with Gasteiger partial charge in [0, 0.05) is 23.8 Å². The quantitative estimate of drug-likeness (QED) is 0.282. The second kappa shape index (κ2) is 9.75. The first-order valence-corrected chi connectivity index (χ1v) is 10.2. The molecule has 0 aliphatic carbocycles. The van der Waals surface area contributed by atoms with Gasteiger partial charge in [0.05, 0.1) is 22.2 Å². The number of nitrogens with zero attached hydrogens (tertiary/aromatic N) is 2. The molecule has 0 unspecified atom stereocenters. The fourth-order valence-corrected chi connectivity index (χ4v) is 3.91. The third-order valence-corrected chi connectivity index (χ3v) is 5.14. The molecule has 156 valence electrons. The first-order chi connectivity index (χ1) is 14.3. The monoisotopic (exact) mass is 484 g/mol. The summed E-state index contributed by atoms with van der Waals surface area (Å²) in [7, 11) is 3.25. The second-order valence-corrected chi connectivity index (χ2v) is 7.91. The Morgan fingerprint density at radius 1 is 1.10 bits per heavy atom. The van der Waals surface area contributed by atoms with Crippen molar-refractivity contribution in [1.82, 2.24) is 9.78 Å². The molecule has 0 amide bonds. The number of allylic oxidation sites excluding steroid dienone is 1. The van der Waals surface area contributed by atoms with E-state index in [0.29, 0.717) is 31.6 Å². The first kappa shape index (κ1) is 22.5. The molecule has 0 atom stereocenters. The van der Waals surface area contributed by atoms with Gasteiger partial charge in [0.1, 0.15) is 12.4 Å². The summed E-state index contributed by atoms with van der Waals surface area (Å²) in [6, 6.07) is 8.53. The van der Waals surface area contributed by atoms with Crippen molar-refractivity contribution >= 4 is 58.3 Å². The van der Waals surface area contributed by atoms with Crippen molar-refractivity contribution in [2.45, 2.75) is 6.61 Å². The number of methoxy groups -OCH3 is 1. The fraction of sp³-hybridized carbons (Fsp3) is 0.143. The van der Waals surface area contributed by atoms with E-state index in [9.17, 15) is 4.79 Å². The summed E-state index contributed by atoms with van der Waals surface area (Å²) >= 11 is 24.3. The molecule has 3 rings (SSSR count). The molecule has 0 fully saturated rings. The van der Waals surface area contributed by atoms with Crippen LogP contribution in [0.25, 0.3) is 6.08 Å². The molecule has 1 aromatic heterocycles. The Kier molecular flexibility index (Phi) is 7.32. The summed E-state index contributed by atoms with van der Waals surface area (Å²) in [5.74, 6) is 0.645. The van der Waals surface area contributed by atoms with Crippen molar-refractivity contribution in [3.05, 3.63) is 79.5 Å². The van der Waals surface area contributed by atoms with Gasteiger partial charge < -0.3 is 9.47 Å². The van der Waals surface area contributed by atoms with Crippen molar-refractivity contribution < 1.29 is 14.3 Å². The number of ether oxygens (including phenoxy) is 2. The van der Waals surface area contributed by atoms with Crippen LogP contribution in [0.4, 0.5) is 0 Å². The van der Waals surface area contributed by atoms with Crippen LogP contribution in [0.5, 0.6) is 11.5 Å². The van der Waals surface area contributed by atoms with Crippen LogP contribution in [0.2, 0.25) is 20.1 Å². The summed E-state index contributed by atoms with van der Waals surface area (Å²) in [6.45, 7) is 0.145. The van der Waals surface area contributed by atoms with Crippen LogP contribution in [0.15, 0.2) is 42.6 Å². The van der Waals surface area contributed by atoms with Gasteiger partial charge in [-0.1, -0.05) is 58.5 Å². The molecular formula is C21H16Cl4N2O3. The molecule has 30 heavy (non-hydrogen) atoms. The smallest absolute Gasteiger partial charge is 0.207 e. The summed E-state index contributed by atoms with van der Waals surface area (Å²) < 4.78 is 12.7. The third kappa shape index (κ3) is 5.29. The van der Waals surface area contributed by atoms with E-state index < -0.39 is 0 Å². The van der Waals surface area contributed by atoms with E-state index in [2.05, 4.69) is 5.10 Å². The minimum Gasteiger partial charge on any atom is -0.496 e. The molecule has 0 N–H and O–H groups in total. The topological polar surface area (TPSA) is 53.3 Å². The molecule has 1 heterocycles. The minimum atomic E-state index is -0.297. The van der Waals surface area contributed by atoms with Gasteiger partial charge >= 0.3 is 0 Å². The maximum atomic E-state index is 12.3. The predicted molar refractivity (Wildman–Crippen MR) is 120 cm³/mol. The average Bonchev–Trinajstić information content (AvgIpc) is 3.03. The molecule has 0 saturated heterocycles. The van der Waals surface area contributed by atoms with E-state index in [-0.39, 0.29) is 18.1 Å². The molecule has 9 heteroatoms. The molecule has 0 radical (unpaired) electrons. The van der Waals surface area contributed by atoms with Crippen LogP contribution in [-0.2, 0) is 13.7 Å². The third-order valence-electron chi connectivity index (χ3n) is 4.08. The van der Waals surface area contributed by atoms with Crippen LogP contribution in [0, 0.1) is 0 Å². The lowest BCUT2D eigenvalue weighted by atomic mass is 10.1. The fourth-order valence-electron chi connectivity index (χ4n) is 2.71. The molecule has 5 nitrogen and oxygen atoms in total. The van der Waals surface area contributed by atoms with E-state index in [0.717, 1.165) is 11.1 Å². The number of hydrogen-bond acceptors (Lipinski definition) is 4. The number of hydrogen-bond donors (Lipinski definition) is 0. The molecule has 0 aliphatic rings. The highest BCUT2D eigenvalue weighted by Crippen LogP contribution is 2.36. The summed E-state index contributed by atoms with van der Waals surface area (Å²) in [6.07, 6.45) is 4.64. The zero-order chi connectivity index (χ0) is 21.8. The number of rotatable bonds is 7. The molecule has 0 spiro atoms. The Morgan fingerprint density at radius 2 is 1.80 bits per heavy atom. The number of aryl methyl sites for hydroxylation is 1. The van der Waals surface area contributed by atoms with Crippen LogP contribution >= 0.6 is 46.4 Å². The minimum absolute atomic E-state index is 0.145. The van der Waals surface area contributed by atoms with Crippen molar-refractivity contribution in [1.29, 1.82) is 0 Å². The number of halogens is 4. The van der Waals surface area contributed by atoms with Gasteiger partial charge in [0.2, 0.25) is 5.78 Å². The molecular weight excluding hydrogens is 470 g/mol. The first-order valence-electron chi connectivity index (χ1n) is 8.64. The Morgan fingerprint density at radius 3 is 2.40 bits per heavy atom. The molecule has 0 aliphatic heterocycles. The number of ketones is 1. The maximum absolute atomic E-state index is 12.3. The number of benzene rings is 2. The second-order valence-electron chi connectivity index (χ2n) is 6.26. The Balaban J connectivity index is 1.80. The van der Waals surface area contributed by atoms with Crippen molar-refractivity contribution in [3.8, 4) is 11.5 Å². The van der Waals surface area contributed by atoms with E-state index in [1.807, 2.05) is 12.1 Å². The Bertz CT molecular complexity index is 1100. The lowest BCUT2D eigenvalue weighted by Gasteiger charge is -2.13. The van der Waals surface area contributed by atoms with E-state index in [1.54, 1.807) is 44.6 Å². The van der Waals surface area contributed by atoms with Gasteiger partial charge in [-0.25, -0.2) is 0 Å². The Hall–Kier alpha value is -2.18. The normalized spacial score (nSPS) is 11.1. The van der Waals surface area contributed by atoms with Gasteiger partial charge in [0.25, 0.3) is 0 Å². The van der Waals surface area contributed by atoms with Crippen LogP contribution < -0.4 is 9.47 Å². The highest BCUT2D eigenvalue weighted by molar-refractivity contribution is 6.40. The summed E-state index contributed by atoms with van der Waals surface area (Å²) in [5.41, 5.74) is 1.70. The molecule has 0 bridgehead atoms. The van der Waals surface area contributed by atoms with Crippen LogP contribution in [0.3, 0.4) is 0 Å². The van der Waals surface area contributed by atoms with Gasteiger partial charge in [0.15, 0.2) is 11.4 Å². The highest BCUT2D eigenvalue weighted by Gasteiger charge is 2.13. The van der Waals surface area contributed by atoms with Gasteiger partial charge in [-0.3, -0.25) is 9.48 Å². The highest BCUT2D eigenvalue weighted by atomic mass is 35.5. The molecule has 0 saturated carbocycles. The maximum Gasteiger partial charge on any atom is 0.207 e. The van der Waals surface area contributed by atoms with Crippen molar-refractivity contribution in [2.75, 3.05) is 7.11 Å². The van der Waals surface area contributed by atoms with Crippen molar-refractivity contribution in [2.24, 2.45) is 7.05 Å². The molecule has 3 aromatic rings. The number of carbonyl (C=O) groups is 1. The van der Waals surface area contributed by atoms with E-state index in [1.165, 1.54) is 10.8 Å². The largest absolute Gasteiger partial charge is 0.496 e. The average molecular weight is 486 g/mol. The SMILES string of the molecule is COc1ccc(/C=C/C(=O)c2nn(C)cc2Cl)cc1COc1c(Cl)cc(Cl)cc1Cl. The molecule has 2 aromatic carbocycles.